The Morgan fingerprint density at radius 2 is 1.65 bits per heavy atom. The van der Waals surface area contributed by atoms with Crippen LogP contribution in [0.5, 0.6) is 0 Å². The van der Waals surface area contributed by atoms with Gasteiger partial charge in [-0.15, -0.1) is 0 Å². The second kappa shape index (κ2) is 8.23. The van der Waals surface area contributed by atoms with E-state index >= 15 is 0 Å². The zero-order chi connectivity index (χ0) is 19.3. The van der Waals surface area contributed by atoms with Crippen LogP contribution in [0.15, 0.2) is 41.4 Å². The summed E-state index contributed by atoms with van der Waals surface area (Å²) in [5, 5.41) is 11.8. The lowest BCUT2D eigenvalue weighted by Crippen LogP contribution is -2.35. The molecule has 2 aromatic carbocycles. The molecule has 140 valence electrons. The van der Waals surface area contributed by atoms with E-state index in [-0.39, 0.29) is 30.0 Å². The van der Waals surface area contributed by atoms with Gasteiger partial charge in [0.15, 0.2) is 17.5 Å². The fourth-order valence-corrected chi connectivity index (χ4v) is 2.29. The maximum Gasteiger partial charge on any atom is 0.216 e. The van der Waals surface area contributed by atoms with Gasteiger partial charge in [-0.2, -0.15) is 0 Å². The van der Waals surface area contributed by atoms with Crippen molar-refractivity contribution in [2.45, 2.75) is 39.3 Å². The molecule has 3 N–H and O–H groups in total. The first-order chi connectivity index (χ1) is 12.2. The SMILES string of the molecule is CC(C)(C)c1ccc(CN=C(NO)NCc2ccc(F)c(F)c2F)cc1. The van der Waals surface area contributed by atoms with Gasteiger partial charge < -0.3 is 5.32 Å². The van der Waals surface area contributed by atoms with Crippen molar-refractivity contribution in [3.63, 3.8) is 0 Å². The highest BCUT2D eigenvalue weighted by Crippen LogP contribution is 2.22. The summed E-state index contributed by atoms with van der Waals surface area (Å²) in [4.78, 5) is 4.14. The lowest BCUT2D eigenvalue weighted by molar-refractivity contribution is 0.229. The zero-order valence-electron chi connectivity index (χ0n) is 14.9. The Kier molecular flexibility index (Phi) is 6.26. The normalized spacial score (nSPS) is 12.2. The Hall–Kier alpha value is -2.54. The van der Waals surface area contributed by atoms with Gasteiger partial charge >= 0.3 is 0 Å². The molecule has 0 amide bonds. The number of rotatable bonds is 4. The van der Waals surface area contributed by atoms with Gasteiger partial charge in [-0.3, -0.25) is 5.21 Å². The van der Waals surface area contributed by atoms with Crippen molar-refractivity contribution in [1.29, 1.82) is 0 Å². The molecule has 0 unspecified atom stereocenters. The van der Waals surface area contributed by atoms with E-state index in [1.54, 1.807) is 0 Å². The minimum atomic E-state index is -1.53. The summed E-state index contributed by atoms with van der Waals surface area (Å²) in [5.74, 6) is -4.06. The highest BCUT2D eigenvalue weighted by atomic mass is 19.2. The molecular formula is C19H22F3N3O. The van der Waals surface area contributed by atoms with Crippen LogP contribution in [-0.2, 0) is 18.5 Å². The summed E-state index contributed by atoms with van der Waals surface area (Å²) in [6.07, 6.45) is 0. The monoisotopic (exact) mass is 365 g/mol. The van der Waals surface area contributed by atoms with Crippen LogP contribution in [0.25, 0.3) is 0 Å². The van der Waals surface area contributed by atoms with Crippen molar-refractivity contribution in [3.05, 3.63) is 70.5 Å². The standard InChI is InChI=1S/C19H22F3N3O/c1-19(2,3)14-7-4-12(5-8-14)10-23-18(25-26)24-11-13-6-9-15(20)17(22)16(13)21/h4-9,26H,10-11H2,1-3H3,(H2,23,24,25). The third kappa shape index (κ3) is 4.98. The third-order valence-corrected chi connectivity index (χ3v) is 3.91. The lowest BCUT2D eigenvalue weighted by Gasteiger charge is -2.19. The van der Waals surface area contributed by atoms with Crippen LogP contribution < -0.4 is 10.8 Å². The first kappa shape index (κ1) is 19.8. The minimum absolute atomic E-state index is 0.00553. The molecule has 0 aliphatic rings. The van der Waals surface area contributed by atoms with Crippen molar-refractivity contribution in [2.75, 3.05) is 0 Å². The van der Waals surface area contributed by atoms with Gasteiger partial charge in [0.05, 0.1) is 6.54 Å². The Morgan fingerprint density at radius 3 is 2.23 bits per heavy atom. The number of hydrogen-bond acceptors (Lipinski definition) is 2. The van der Waals surface area contributed by atoms with Gasteiger partial charge in [-0.25, -0.2) is 23.6 Å². The summed E-state index contributed by atoms with van der Waals surface area (Å²) in [6, 6.07) is 9.88. The molecule has 0 aromatic heterocycles. The molecule has 0 heterocycles. The van der Waals surface area contributed by atoms with E-state index in [9.17, 15) is 13.2 Å². The van der Waals surface area contributed by atoms with Gasteiger partial charge in [0, 0.05) is 12.1 Å². The van der Waals surface area contributed by atoms with Crippen molar-refractivity contribution in [3.8, 4) is 0 Å². The highest BCUT2D eigenvalue weighted by molar-refractivity contribution is 5.78. The molecule has 7 heteroatoms. The molecular weight excluding hydrogens is 343 g/mol. The Bertz CT molecular complexity index is 784. The topological polar surface area (TPSA) is 56.7 Å². The predicted molar refractivity (Wildman–Crippen MR) is 94.4 cm³/mol. The number of halogens is 3. The van der Waals surface area contributed by atoms with Crippen LogP contribution in [0.2, 0.25) is 0 Å². The Labute approximate surface area is 150 Å². The average Bonchev–Trinajstić information content (AvgIpc) is 2.61. The molecule has 0 aliphatic heterocycles. The van der Waals surface area contributed by atoms with Gasteiger partial charge in [-0.05, 0) is 22.6 Å². The van der Waals surface area contributed by atoms with Crippen LogP contribution >= 0.6 is 0 Å². The largest absolute Gasteiger partial charge is 0.350 e. The molecule has 0 spiro atoms. The minimum Gasteiger partial charge on any atom is -0.350 e. The van der Waals surface area contributed by atoms with E-state index in [2.05, 4.69) is 31.1 Å². The zero-order valence-corrected chi connectivity index (χ0v) is 14.9. The first-order valence-electron chi connectivity index (χ1n) is 8.12. The highest BCUT2D eigenvalue weighted by Gasteiger charge is 2.14. The predicted octanol–water partition coefficient (Wildman–Crippen LogP) is 4.03. The van der Waals surface area contributed by atoms with Crippen molar-refractivity contribution < 1.29 is 18.4 Å². The molecule has 0 bridgehead atoms. The number of aliphatic imine (C=N–C) groups is 1. The maximum atomic E-state index is 13.6. The average molecular weight is 365 g/mol. The summed E-state index contributed by atoms with van der Waals surface area (Å²) >= 11 is 0. The van der Waals surface area contributed by atoms with Gasteiger partial charge in [-0.1, -0.05) is 51.1 Å². The Morgan fingerprint density at radius 1 is 1.00 bits per heavy atom. The molecule has 0 radical (unpaired) electrons. The van der Waals surface area contributed by atoms with Gasteiger partial charge in [0.1, 0.15) is 0 Å². The summed E-state index contributed by atoms with van der Waals surface area (Å²) in [5.41, 5.74) is 3.96. The quantitative estimate of drug-likeness (QED) is 0.332. The van der Waals surface area contributed by atoms with E-state index in [0.717, 1.165) is 17.7 Å². The molecule has 2 aromatic rings. The van der Waals surface area contributed by atoms with Crippen LogP contribution in [-0.4, -0.2) is 11.2 Å². The molecule has 26 heavy (non-hydrogen) atoms. The number of nitrogens with zero attached hydrogens (tertiary/aromatic N) is 1. The summed E-state index contributed by atoms with van der Waals surface area (Å²) in [6.45, 7) is 6.47. The second-order valence-corrected chi connectivity index (χ2v) is 6.91. The summed E-state index contributed by atoms with van der Waals surface area (Å²) < 4.78 is 39.8. The number of nitrogens with one attached hydrogen (secondary N) is 2. The van der Waals surface area contributed by atoms with Crippen molar-refractivity contribution in [1.82, 2.24) is 10.8 Å². The Balaban J connectivity index is 2.01. The molecule has 0 saturated heterocycles. The maximum absolute atomic E-state index is 13.6. The number of hydroxylamine groups is 1. The van der Waals surface area contributed by atoms with Crippen LogP contribution in [0.1, 0.15) is 37.5 Å². The van der Waals surface area contributed by atoms with E-state index in [1.807, 2.05) is 29.7 Å². The third-order valence-electron chi connectivity index (χ3n) is 3.91. The molecule has 0 fully saturated rings. The second-order valence-electron chi connectivity index (χ2n) is 6.91. The molecule has 0 aliphatic carbocycles. The van der Waals surface area contributed by atoms with Gasteiger partial charge in [0.2, 0.25) is 5.96 Å². The number of hydrogen-bond donors (Lipinski definition) is 3. The number of benzene rings is 2. The fourth-order valence-electron chi connectivity index (χ4n) is 2.29. The molecule has 4 nitrogen and oxygen atoms in total. The van der Waals surface area contributed by atoms with E-state index in [1.165, 1.54) is 5.56 Å². The van der Waals surface area contributed by atoms with Crippen LogP contribution in [0, 0.1) is 17.5 Å². The van der Waals surface area contributed by atoms with E-state index in [0.29, 0.717) is 0 Å². The summed E-state index contributed by atoms with van der Waals surface area (Å²) in [7, 11) is 0. The van der Waals surface area contributed by atoms with Crippen LogP contribution in [0.4, 0.5) is 13.2 Å². The molecule has 2 rings (SSSR count). The van der Waals surface area contributed by atoms with Gasteiger partial charge in [0.25, 0.3) is 0 Å². The van der Waals surface area contributed by atoms with Crippen molar-refractivity contribution in [2.24, 2.45) is 4.99 Å². The smallest absolute Gasteiger partial charge is 0.216 e. The fraction of sp³-hybridized carbons (Fsp3) is 0.316. The molecule has 0 saturated carbocycles. The first-order valence-corrected chi connectivity index (χ1v) is 8.12. The van der Waals surface area contributed by atoms with E-state index in [4.69, 9.17) is 5.21 Å². The van der Waals surface area contributed by atoms with Crippen molar-refractivity contribution >= 4 is 5.96 Å². The van der Waals surface area contributed by atoms with E-state index < -0.39 is 17.5 Å². The number of guanidine groups is 1. The lowest BCUT2D eigenvalue weighted by atomic mass is 9.87. The molecule has 0 atom stereocenters. The van der Waals surface area contributed by atoms with Crippen LogP contribution in [0.3, 0.4) is 0 Å².